The van der Waals surface area contributed by atoms with E-state index in [1.165, 1.54) is 22.3 Å². The number of benzene rings is 3. The number of aryl methyl sites for hydroxylation is 1. The Morgan fingerprint density at radius 1 is 0.600 bits per heavy atom. The lowest BCUT2D eigenvalue weighted by atomic mass is 10.0. The van der Waals surface area contributed by atoms with Crippen LogP contribution in [0.2, 0.25) is 0 Å². The van der Waals surface area contributed by atoms with Gasteiger partial charge in [0.2, 0.25) is 0 Å². The standard InChI is InChI=1S/C23H20N2/c1-17-18(2)24-25(22-11-7-4-8-12-22)23(17)21-15-13-20(14-16-21)19-9-5-3-6-10-19/h3-16H,1-2H3. The monoisotopic (exact) mass is 324 g/mol. The molecule has 0 unspecified atom stereocenters. The van der Waals surface area contributed by atoms with E-state index in [9.17, 15) is 0 Å². The largest absolute Gasteiger partial charge is 0.233 e. The molecule has 0 radical (unpaired) electrons. The SMILES string of the molecule is Cc1nn(-c2ccccc2)c(-c2ccc(-c3ccccc3)cc2)c1C. The summed E-state index contributed by atoms with van der Waals surface area (Å²) in [5.74, 6) is 0. The van der Waals surface area contributed by atoms with Crippen LogP contribution in [-0.4, -0.2) is 9.78 Å². The summed E-state index contributed by atoms with van der Waals surface area (Å²) < 4.78 is 2.04. The van der Waals surface area contributed by atoms with Crippen LogP contribution in [0.5, 0.6) is 0 Å². The maximum atomic E-state index is 4.75. The van der Waals surface area contributed by atoms with E-state index in [1.54, 1.807) is 0 Å². The van der Waals surface area contributed by atoms with Gasteiger partial charge in [-0.3, -0.25) is 0 Å². The number of hydrogen-bond acceptors (Lipinski definition) is 1. The van der Waals surface area contributed by atoms with Crippen molar-refractivity contribution in [1.29, 1.82) is 0 Å². The van der Waals surface area contributed by atoms with Crippen LogP contribution >= 0.6 is 0 Å². The molecule has 0 amide bonds. The van der Waals surface area contributed by atoms with Crippen molar-refractivity contribution < 1.29 is 0 Å². The molecule has 122 valence electrons. The summed E-state index contributed by atoms with van der Waals surface area (Å²) in [5, 5.41) is 4.75. The minimum absolute atomic E-state index is 1.06. The summed E-state index contributed by atoms with van der Waals surface area (Å²) in [6.45, 7) is 4.21. The first-order valence-corrected chi connectivity index (χ1v) is 8.51. The second-order valence-corrected chi connectivity index (χ2v) is 6.25. The Labute approximate surface area is 148 Å². The maximum absolute atomic E-state index is 4.75. The summed E-state index contributed by atoms with van der Waals surface area (Å²) in [4.78, 5) is 0. The molecule has 0 N–H and O–H groups in total. The predicted molar refractivity (Wildman–Crippen MR) is 104 cm³/mol. The third kappa shape index (κ3) is 2.87. The minimum Gasteiger partial charge on any atom is -0.233 e. The zero-order chi connectivity index (χ0) is 17.2. The maximum Gasteiger partial charge on any atom is 0.0772 e. The summed E-state index contributed by atoms with van der Waals surface area (Å²) in [6.07, 6.45) is 0. The fraction of sp³-hybridized carbons (Fsp3) is 0.0870. The van der Waals surface area contributed by atoms with E-state index in [4.69, 9.17) is 5.10 Å². The molecule has 0 atom stereocenters. The average molecular weight is 324 g/mol. The van der Waals surface area contributed by atoms with E-state index in [0.717, 1.165) is 17.1 Å². The normalized spacial score (nSPS) is 10.8. The Balaban J connectivity index is 1.80. The first-order valence-electron chi connectivity index (χ1n) is 8.51. The van der Waals surface area contributed by atoms with Crippen LogP contribution in [-0.2, 0) is 0 Å². The Hall–Kier alpha value is -3.13. The van der Waals surface area contributed by atoms with Gasteiger partial charge in [0.1, 0.15) is 0 Å². The highest BCUT2D eigenvalue weighted by molar-refractivity contribution is 5.71. The molecular formula is C23H20N2. The smallest absolute Gasteiger partial charge is 0.0772 e. The van der Waals surface area contributed by atoms with Gasteiger partial charge in [-0.1, -0.05) is 72.8 Å². The third-order valence-corrected chi connectivity index (χ3v) is 4.63. The molecule has 0 aliphatic rings. The van der Waals surface area contributed by atoms with Crippen molar-refractivity contribution in [2.75, 3.05) is 0 Å². The summed E-state index contributed by atoms with van der Waals surface area (Å²) >= 11 is 0. The van der Waals surface area contributed by atoms with E-state index in [2.05, 4.69) is 74.5 Å². The van der Waals surface area contributed by atoms with Crippen LogP contribution in [0, 0.1) is 13.8 Å². The number of aromatic nitrogens is 2. The van der Waals surface area contributed by atoms with Crippen molar-refractivity contribution in [2.45, 2.75) is 13.8 Å². The molecule has 3 aromatic carbocycles. The van der Waals surface area contributed by atoms with Gasteiger partial charge in [-0.2, -0.15) is 5.10 Å². The van der Waals surface area contributed by atoms with Gasteiger partial charge in [-0.25, -0.2) is 4.68 Å². The molecule has 25 heavy (non-hydrogen) atoms. The molecular weight excluding hydrogens is 304 g/mol. The van der Waals surface area contributed by atoms with Crippen molar-refractivity contribution in [3.8, 4) is 28.1 Å². The molecule has 0 spiro atoms. The van der Waals surface area contributed by atoms with Gasteiger partial charge in [-0.15, -0.1) is 0 Å². The number of hydrogen-bond donors (Lipinski definition) is 0. The molecule has 1 aromatic heterocycles. The lowest BCUT2D eigenvalue weighted by Crippen LogP contribution is -1.99. The van der Waals surface area contributed by atoms with Crippen molar-refractivity contribution in [3.05, 3.63) is 96.2 Å². The molecule has 0 aliphatic carbocycles. The van der Waals surface area contributed by atoms with Gasteiger partial charge in [0, 0.05) is 5.56 Å². The van der Waals surface area contributed by atoms with Crippen molar-refractivity contribution in [3.63, 3.8) is 0 Å². The second-order valence-electron chi connectivity index (χ2n) is 6.25. The molecule has 1 heterocycles. The molecule has 2 heteroatoms. The Kier molecular flexibility index (Phi) is 3.95. The van der Waals surface area contributed by atoms with Crippen LogP contribution in [0.3, 0.4) is 0 Å². The van der Waals surface area contributed by atoms with Gasteiger partial charge in [-0.05, 0) is 42.7 Å². The third-order valence-electron chi connectivity index (χ3n) is 4.63. The summed E-state index contributed by atoms with van der Waals surface area (Å²) in [6, 6.07) is 29.5. The van der Waals surface area contributed by atoms with Crippen molar-refractivity contribution in [2.24, 2.45) is 0 Å². The molecule has 4 rings (SSSR count). The van der Waals surface area contributed by atoms with Crippen LogP contribution in [0.15, 0.2) is 84.9 Å². The van der Waals surface area contributed by atoms with E-state index in [-0.39, 0.29) is 0 Å². The van der Waals surface area contributed by atoms with E-state index >= 15 is 0 Å². The Morgan fingerprint density at radius 2 is 1.12 bits per heavy atom. The molecule has 0 aliphatic heterocycles. The fourth-order valence-corrected chi connectivity index (χ4v) is 3.15. The second kappa shape index (κ2) is 6.40. The Bertz CT molecular complexity index is 982. The minimum atomic E-state index is 1.06. The van der Waals surface area contributed by atoms with E-state index in [0.29, 0.717) is 0 Å². The van der Waals surface area contributed by atoms with Crippen LogP contribution in [0.1, 0.15) is 11.3 Å². The zero-order valence-electron chi connectivity index (χ0n) is 14.5. The highest BCUT2D eigenvalue weighted by atomic mass is 15.3. The van der Waals surface area contributed by atoms with Crippen LogP contribution < -0.4 is 0 Å². The first-order chi connectivity index (χ1) is 12.2. The molecule has 0 saturated carbocycles. The van der Waals surface area contributed by atoms with E-state index in [1.807, 2.05) is 28.9 Å². The van der Waals surface area contributed by atoms with E-state index < -0.39 is 0 Å². The topological polar surface area (TPSA) is 17.8 Å². The van der Waals surface area contributed by atoms with Crippen LogP contribution in [0.4, 0.5) is 0 Å². The van der Waals surface area contributed by atoms with Crippen molar-refractivity contribution >= 4 is 0 Å². The van der Waals surface area contributed by atoms with Gasteiger partial charge in [0.05, 0.1) is 17.1 Å². The predicted octanol–water partition coefficient (Wildman–Crippen LogP) is 5.82. The van der Waals surface area contributed by atoms with Crippen LogP contribution in [0.25, 0.3) is 28.1 Å². The van der Waals surface area contributed by atoms with Gasteiger partial charge < -0.3 is 0 Å². The highest BCUT2D eigenvalue weighted by Crippen LogP contribution is 2.30. The molecule has 2 nitrogen and oxygen atoms in total. The quantitative estimate of drug-likeness (QED) is 0.464. The van der Waals surface area contributed by atoms with Gasteiger partial charge in [0.15, 0.2) is 0 Å². The number of nitrogens with zero attached hydrogens (tertiary/aromatic N) is 2. The lowest BCUT2D eigenvalue weighted by molar-refractivity contribution is 0.869. The molecule has 0 fully saturated rings. The number of para-hydroxylation sites is 1. The summed E-state index contributed by atoms with van der Waals surface area (Å²) in [5.41, 5.74) is 8.16. The molecule has 0 bridgehead atoms. The van der Waals surface area contributed by atoms with Crippen molar-refractivity contribution in [1.82, 2.24) is 9.78 Å². The summed E-state index contributed by atoms with van der Waals surface area (Å²) in [7, 11) is 0. The Morgan fingerprint density at radius 3 is 1.76 bits per heavy atom. The highest BCUT2D eigenvalue weighted by Gasteiger charge is 2.15. The average Bonchev–Trinajstić information content (AvgIpc) is 2.98. The zero-order valence-corrected chi connectivity index (χ0v) is 14.5. The van der Waals surface area contributed by atoms with Gasteiger partial charge >= 0.3 is 0 Å². The number of rotatable bonds is 3. The molecule has 0 saturated heterocycles. The first kappa shape index (κ1) is 15.4. The molecule has 4 aromatic rings. The lowest BCUT2D eigenvalue weighted by Gasteiger charge is -2.10. The van der Waals surface area contributed by atoms with Gasteiger partial charge in [0.25, 0.3) is 0 Å². The fourth-order valence-electron chi connectivity index (χ4n) is 3.15.